The monoisotopic (exact) mass is 488 g/mol. The van der Waals surface area contributed by atoms with Gasteiger partial charge in [-0.2, -0.15) is 0 Å². The molecule has 0 spiro atoms. The first-order valence-electron chi connectivity index (χ1n) is 10.8. The number of ether oxygens (including phenoxy) is 3. The van der Waals surface area contributed by atoms with Gasteiger partial charge >= 0.3 is 0 Å². The van der Waals surface area contributed by atoms with Crippen molar-refractivity contribution in [3.63, 3.8) is 0 Å². The number of hydrogen-bond acceptors (Lipinski definition) is 7. The number of fused-ring (bicyclic) bond motifs is 2. The number of nitrogens with zero attached hydrogens (tertiary/aromatic N) is 2. The van der Waals surface area contributed by atoms with E-state index >= 15 is 0 Å². The zero-order valence-electron chi connectivity index (χ0n) is 18.5. The third-order valence-corrected chi connectivity index (χ3v) is 6.27. The molecule has 0 fully saturated rings. The molecule has 0 N–H and O–H groups in total. The largest absolute Gasteiger partial charge is 0.486 e. The molecule has 33 heavy (non-hydrogen) atoms. The van der Waals surface area contributed by atoms with Crippen LogP contribution in [0.25, 0.3) is 10.9 Å². The smallest absolute Gasteiger partial charge is 0.262 e. The summed E-state index contributed by atoms with van der Waals surface area (Å²) in [4.78, 5) is 30.7. The first-order chi connectivity index (χ1) is 15.9. The minimum Gasteiger partial charge on any atom is -0.486 e. The normalized spacial score (nSPS) is 13.0. The van der Waals surface area contributed by atoms with Gasteiger partial charge in [0.25, 0.3) is 5.56 Å². The summed E-state index contributed by atoms with van der Waals surface area (Å²) in [6.45, 7) is 5.86. The Kier molecular flexibility index (Phi) is 7.57. The van der Waals surface area contributed by atoms with Crippen LogP contribution < -0.4 is 15.0 Å². The highest BCUT2D eigenvalue weighted by Gasteiger charge is 2.17. The second kappa shape index (κ2) is 10.6. The summed E-state index contributed by atoms with van der Waals surface area (Å²) in [6.07, 6.45) is 0.777. The van der Waals surface area contributed by atoms with Gasteiger partial charge in [-0.05, 0) is 56.7 Å². The van der Waals surface area contributed by atoms with Crippen molar-refractivity contribution in [2.75, 3.05) is 25.6 Å². The maximum Gasteiger partial charge on any atom is 0.262 e. The van der Waals surface area contributed by atoms with Gasteiger partial charge in [0.05, 0.1) is 22.8 Å². The summed E-state index contributed by atoms with van der Waals surface area (Å²) in [5, 5.41) is 1.47. The topological polar surface area (TPSA) is 79.7 Å². The lowest BCUT2D eigenvalue weighted by Crippen LogP contribution is -2.24. The molecule has 0 atom stereocenters. The zero-order chi connectivity index (χ0) is 23.4. The molecule has 1 aliphatic rings. The highest BCUT2D eigenvalue weighted by molar-refractivity contribution is 7.99. The molecule has 0 aliphatic carbocycles. The van der Waals surface area contributed by atoms with Crippen LogP contribution in [0.15, 0.2) is 46.3 Å². The van der Waals surface area contributed by atoms with E-state index in [1.165, 1.54) is 11.8 Å². The van der Waals surface area contributed by atoms with Crippen molar-refractivity contribution in [1.82, 2.24) is 9.55 Å². The summed E-state index contributed by atoms with van der Waals surface area (Å²) in [6, 6.07) is 10.2. The molecule has 1 aliphatic heterocycles. The maximum atomic E-state index is 13.2. The summed E-state index contributed by atoms with van der Waals surface area (Å²) in [5.74, 6) is 1.24. The minimum absolute atomic E-state index is 0.0906. The SMILES string of the molecule is CC(C)OCCCn1c(SCC(=O)c2ccc3c(c2)OCCO3)nc2cc(Cl)ccc2c1=O. The van der Waals surface area contributed by atoms with Gasteiger partial charge in [-0.1, -0.05) is 23.4 Å². The lowest BCUT2D eigenvalue weighted by molar-refractivity contribution is 0.0743. The quantitative estimate of drug-likeness (QED) is 0.188. The van der Waals surface area contributed by atoms with E-state index < -0.39 is 0 Å². The highest BCUT2D eigenvalue weighted by atomic mass is 35.5. The van der Waals surface area contributed by atoms with E-state index in [1.54, 1.807) is 41.0 Å². The molecule has 4 rings (SSSR count). The molecule has 0 saturated carbocycles. The molecule has 9 heteroatoms. The van der Waals surface area contributed by atoms with Crippen LogP contribution >= 0.6 is 23.4 Å². The minimum atomic E-state index is -0.157. The van der Waals surface area contributed by atoms with Crippen molar-refractivity contribution >= 4 is 40.0 Å². The number of carbonyl (C=O) groups excluding carboxylic acids is 1. The Morgan fingerprint density at radius 2 is 1.97 bits per heavy atom. The molecule has 3 aromatic rings. The number of benzene rings is 2. The first-order valence-corrected chi connectivity index (χ1v) is 12.2. The number of halogens is 1. The molecule has 0 saturated heterocycles. The van der Waals surface area contributed by atoms with Gasteiger partial charge in [-0.25, -0.2) is 4.98 Å². The van der Waals surface area contributed by atoms with Crippen molar-refractivity contribution in [1.29, 1.82) is 0 Å². The molecular weight excluding hydrogens is 464 g/mol. The van der Waals surface area contributed by atoms with E-state index in [0.29, 0.717) is 70.9 Å². The van der Waals surface area contributed by atoms with Crippen molar-refractivity contribution in [3.8, 4) is 11.5 Å². The van der Waals surface area contributed by atoms with Gasteiger partial charge in [0, 0.05) is 23.7 Å². The molecule has 0 unspecified atom stereocenters. The molecule has 0 radical (unpaired) electrons. The van der Waals surface area contributed by atoms with E-state index in [9.17, 15) is 9.59 Å². The Hall–Kier alpha value is -2.55. The number of thioether (sulfide) groups is 1. The van der Waals surface area contributed by atoms with Gasteiger partial charge < -0.3 is 14.2 Å². The molecule has 0 bridgehead atoms. The number of carbonyl (C=O) groups is 1. The summed E-state index contributed by atoms with van der Waals surface area (Å²) >= 11 is 7.35. The van der Waals surface area contributed by atoms with Gasteiger partial charge in [-0.3, -0.25) is 14.2 Å². The van der Waals surface area contributed by atoms with E-state index in [4.69, 9.17) is 25.8 Å². The fourth-order valence-electron chi connectivity index (χ4n) is 3.45. The molecule has 174 valence electrons. The molecule has 1 aromatic heterocycles. The number of rotatable bonds is 9. The second-order valence-electron chi connectivity index (χ2n) is 7.86. The molecular formula is C24H25ClN2O5S. The molecule has 0 amide bonds. The Morgan fingerprint density at radius 1 is 1.18 bits per heavy atom. The van der Waals surface area contributed by atoms with Crippen LogP contribution in [0.3, 0.4) is 0 Å². The zero-order valence-corrected chi connectivity index (χ0v) is 20.1. The van der Waals surface area contributed by atoms with Gasteiger partial charge in [0.1, 0.15) is 13.2 Å². The number of ketones is 1. The summed E-state index contributed by atoms with van der Waals surface area (Å²) in [7, 11) is 0. The van der Waals surface area contributed by atoms with Crippen LogP contribution in [0.5, 0.6) is 11.5 Å². The Labute approximate surface area is 201 Å². The van der Waals surface area contributed by atoms with Gasteiger partial charge in [0.2, 0.25) is 0 Å². The number of hydrogen-bond donors (Lipinski definition) is 0. The van der Waals surface area contributed by atoms with Crippen LogP contribution in [-0.2, 0) is 11.3 Å². The third kappa shape index (κ3) is 5.69. The van der Waals surface area contributed by atoms with Crippen LogP contribution in [0, 0.1) is 0 Å². The standard InChI is InChI=1S/C24H25ClN2O5S/c1-15(2)30-9-3-8-27-23(29)18-6-5-17(25)13-19(18)26-24(27)33-14-20(28)16-4-7-21-22(12-16)32-11-10-31-21/h4-7,12-13,15H,3,8-11,14H2,1-2H3. The lowest BCUT2D eigenvalue weighted by Gasteiger charge is -2.18. The first kappa shape index (κ1) is 23.6. The summed E-state index contributed by atoms with van der Waals surface area (Å²) in [5.41, 5.74) is 0.877. The van der Waals surface area contributed by atoms with E-state index in [-0.39, 0.29) is 23.2 Å². The predicted molar refractivity (Wildman–Crippen MR) is 129 cm³/mol. The van der Waals surface area contributed by atoms with Crippen molar-refractivity contribution in [2.45, 2.75) is 38.1 Å². The van der Waals surface area contributed by atoms with Gasteiger partial charge in [0.15, 0.2) is 22.4 Å². The van der Waals surface area contributed by atoms with Crippen molar-refractivity contribution in [3.05, 3.63) is 57.3 Å². The number of aromatic nitrogens is 2. The van der Waals surface area contributed by atoms with Crippen LogP contribution in [0.4, 0.5) is 0 Å². The molecule has 2 heterocycles. The highest BCUT2D eigenvalue weighted by Crippen LogP contribution is 2.31. The van der Waals surface area contributed by atoms with E-state index in [1.807, 2.05) is 13.8 Å². The van der Waals surface area contributed by atoms with Crippen molar-refractivity contribution < 1.29 is 19.0 Å². The second-order valence-corrected chi connectivity index (χ2v) is 9.23. The molecule has 7 nitrogen and oxygen atoms in total. The Balaban J connectivity index is 1.56. The van der Waals surface area contributed by atoms with Crippen LogP contribution in [-0.4, -0.2) is 47.0 Å². The lowest BCUT2D eigenvalue weighted by atomic mass is 10.1. The fraction of sp³-hybridized carbons (Fsp3) is 0.375. The fourth-order valence-corrected chi connectivity index (χ4v) is 4.54. The summed E-state index contributed by atoms with van der Waals surface area (Å²) < 4.78 is 18.3. The maximum absolute atomic E-state index is 13.2. The number of Topliss-reactive ketones (excluding diaryl/α,β-unsaturated/α-hetero) is 1. The van der Waals surface area contributed by atoms with E-state index in [0.717, 1.165) is 0 Å². The van der Waals surface area contributed by atoms with E-state index in [2.05, 4.69) is 4.98 Å². The Bertz CT molecular complexity index is 1230. The predicted octanol–water partition coefficient (Wildman–Crippen LogP) is 4.61. The molecule has 2 aromatic carbocycles. The van der Waals surface area contributed by atoms with Crippen LogP contribution in [0.1, 0.15) is 30.6 Å². The van der Waals surface area contributed by atoms with Crippen molar-refractivity contribution in [2.24, 2.45) is 0 Å². The average molecular weight is 489 g/mol. The third-order valence-electron chi connectivity index (χ3n) is 5.06. The van der Waals surface area contributed by atoms with Gasteiger partial charge in [-0.15, -0.1) is 0 Å². The Morgan fingerprint density at radius 3 is 2.76 bits per heavy atom. The van der Waals surface area contributed by atoms with Crippen LogP contribution in [0.2, 0.25) is 5.02 Å². The average Bonchev–Trinajstić information content (AvgIpc) is 2.80.